The van der Waals surface area contributed by atoms with Gasteiger partial charge in [0.05, 0.1) is 11.3 Å². The molecule has 0 fully saturated rings. The molecule has 0 saturated carbocycles. The molecule has 2 N–H and O–H groups in total. The molecule has 0 aliphatic heterocycles. The van der Waals surface area contributed by atoms with Gasteiger partial charge in [0.1, 0.15) is 6.61 Å². The number of rotatable bonds is 4. The number of carboxylic acid groups (broad SMARTS) is 1. The number of aryl methyl sites for hydroxylation is 2. The molecule has 0 unspecified atom stereocenters. The summed E-state index contributed by atoms with van der Waals surface area (Å²) in [6.07, 6.45) is 2.13. The van der Waals surface area contributed by atoms with Crippen LogP contribution in [0.5, 0.6) is 0 Å². The number of hydrogen-bond acceptors (Lipinski definition) is 3. The fourth-order valence-corrected chi connectivity index (χ4v) is 4.65. The Labute approximate surface area is 174 Å². The average molecular weight is 399 g/mol. The number of ether oxygens (including phenoxy) is 1. The van der Waals surface area contributed by atoms with E-state index in [9.17, 15) is 14.7 Å². The van der Waals surface area contributed by atoms with Gasteiger partial charge in [0, 0.05) is 5.92 Å². The second kappa shape index (κ2) is 7.34. The molecule has 0 saturated heterocycles. The molecule has 5 nitrogen and oxygen atoms in total. The first-order chi connectivity index (χ1) is 14.6. The minimum Gasteiger partial charge on any atom is -0.478 e. The van der Waals surface area contributed by atoms with Gasteiger partial charge in [0.2, 0.25) is 0 Å². The van der Waals surface area contributed by atoms with Crippen molar-refractivity contribution in [2.75, 3.05) is 11.9 Å². The predicted molar refractivity (Wildman–Crippen MR) is 114 cm³/mol. The normalized spacial score (nSPS) is 14.0. The van der Waals surface area contributed by atoms with Crippen LogP contribution in [-0.4, -0.2) is 23.8 Å². The number of nitrogens with one attached hydrogen (secondary N) is 1. The van der Waals surface area contributed by atoms with Crippen molar-refractivity contribution in [1.82, 2.24) is 0 Å². The molecule has 30 heavy (non-hydrogen) atoms. The molecule has 5 heteroatoms. The van der Waals surface area contributed by atoms with Crippen molar-refractivity contribution in [3.05, 3.63) is 88.5 Å². The largest absolute Gasteiger partial charge is 0.478 e. The Morgan fingerprint density at radius 1 is 0.933 bits per heavy atom. The van der Waals surface area contributed by atoms with E-state index in [1.165, 1.54) is 0 Å². The lowest BCUT2D eigenvalue weighted by Gasteiger charge is -2.16. The number of carboxylic acids is 1. The summed E-state index contributed by atoms with van der Waals surface area (Å²) in [5.74, 6) is -1.10. The molecule has 150 valence electrons. The Morgan fingerprint density at radius 2 is 1.53 bits per heavy atom. The van der Waals surface area contributed by atoms with Gasteiger partial charge < -0.3 is 9.84 Å². The van der Waals surface area contributed by atoms with E-state index < -0.39 is 12.1 Å². The van der Waals surface area contributed by atoms with Crippen molar-refractivity contribution in [3.63, 3.8) is 0 Å². The Morgan fingerprint density at radius 3 is 2.17 bits per heavy atom. The summed E-state index contributed by atoms with van der Waals surface area (Å²) in [5, 5.41) is 12.2. The van der Waals surface area contributed by atoms with Crippen molar-refractivity contribution >= 4 is 17.7 Å². The summed E-state index contributed by atoms with van der Waals surface area (Å²) >= 11 is 0. The number of aromatic carboxylic acids is 1. The quantitative estimate of drug-likeness (QED) is 0.629. The van der Waals surface area contributed by atoms with Crippen molar-refractivity contribution in [2.24, 2.45) is 0 Å². The zero-order valence-electron chi connectivity index (χ0n) is 16.4. The number of amides is 1. The summed E-state index contributed by atoms with van der Waals surface area (Å²) in [6, 6.07) is 19.7. The number of carbonyl (C=O) groups is 2. The van der Waals surface area contributed by atoms with E-state index >= 15 is 0 Å². The lowest BCUT2D eigenvalue weighted by Crippen LogP contribution is -2.19. The highest BCUT2D eigenvalue weighted by molar-refractivity contribution is 5.99. The van der Waals surface area contributed by atoms with Gasteiger partial charge in [0.15, 0.2) is 0 Å². The highest BCUT2D eigenvalue weighted by Gasteiger charge is 2.29. The van der Waals surface area contributed by atoms with Crippen LogP contribution < -0.4 is 5.32 Å². The molecular weight excluding hydrogens is 378 g/mol. The second-order valence-corrected chi connectivity index (χ2v) is 7.78. The number of carbonyl (C=O) groups excluding carboxylic acids is 1. The monoisotopic (exact) mass is 399 g/mol. The van der Waals surface area contributed by atoms with Crippen LogP contribution in [0.25, 0.3) is 11.1 Å². The first-order valence-corrected chi connectivity index (χ1v) is 10.1. The van der Waals surface area contributed by atoms with E-state index in [1.807, 2.05) is 24.3 Å². The molecule has 0 atom stereocenters. The fourth-order valence-electron chi connectivity index (χ4n) is 4.65. The Kier molecular flexibility index (Phi) is 4.51. The van der Waals surface area contributed by atoms with Crippen LogP contribution in [0.3, 0.4) is 0 Å². The zero-order chi connectivity index (χ0) is 20.7. The van der Waals surface area contributed by atoms with E-state index in [0.717, 1.165) is 52.6 Å². The van der Waals surface area contributed by atoms with Gasteiger partial charge >= 0.3 is 12.1 Å². The zero-order valence-corrected chi connectivity index (χ0v) is 16.4. The average Bonchev–Trinajstić information content (AvgIpc) is 3.33. The van der Waals surface area contributed by atoms with Crippen LogP contribution >= 0.6 is 0 Å². The van der Waals surface area contributed by atoms with E-state index in [0.29, 0.717) is 5.69 Å². The minimum atomic E-state index is -1.06. The summed E-state index contributed by atoms with van der Waals surface area (Å²) in [6.45, 7) is 0.188. The Hall–Kier alpha value is -3.60. The van der Waals surface area contributed by atoms with Crippen LogP contribution in [0.15, 0.2) is 60.7 Å². The Balaban J connectivity index is 1.35. The van der Waals surface area contributed by atoms with Crippen LogP contribution in [0.2, 0.25) is 0 Å². The topological polar surface area (TPSA) is 75.6 Å². The summed E-state index contributed by atoms with van der Waals surface area (Å²) in [5.41, 5.74) is 7.12. The number of anilines is 1. The Bertz CT molecular complexity index is 1120. The molecule has 0 spiro atoms. The third-order valence-electron chi connectivity index (χ3n) is 6.04. The maximum atomic E-state index is 12.5. The van der Waals surface area contributed by atoms with Crippen molar-refractivity contribution in [3.8, 4) is 11.1 Å². The maximum Gasteiger partial charge on any atom is 0.411 e. The van der Waals surface area contributed by atoms with Crippen molar-refractivity contribution < 1.29 is 19.4 Å². The summed E-state index contributed by atoms with van der Waals surface area (Å²) in [4.78, 5) is 24.2. The standard InChI is InChI=1S/C25H21NO4/c27-24(28)21-12-15-6-5-7-16(15)13-23(21)26-25(29)30-14-22-19-10-3-1-8-17(19)18-9-2-4-11-20(18)22/h1-4,8-13,22H,5-7,14H2,(H,26,29)(H,27,28). The first kappa shape index (κ1) is 18.4. The lowest BCUT2D eigenvalue weighted by atomic mass is 9.98. The first-order valence-electron chi connectivity index (χ1n) is 10.1. The number of hydrogen-bond donors (Lipinski definition) is 2. The van der Waals surface area contributed by atoms with Crippen LogP contribution in [0.1, 0.15) is 45.0 Å². The molecule has 5 rings (SSSR count). The smallest absolute Gasteiger partial charge is 0.411 e. The molecule has 0 bridgehead atoms. The summed E-state index contributed by atoms with van der Waals surface area (Å²) in [7, 11) is 0. The van der Waals surface area contributed by atoms with Crippen molar-refractivity contribution in [2.45, 2.75) is 25.2 Å². The molecule has 1 amide bonds. The fraction of sp³-hybridized carbons (Fsp3) is 0.200. The molecule has 0 aromatic heterocycles. The lowest BCUT2D eigenvalue weighted by molar-refractivity contribution is 0.0698. The molecule has 0 heterocycles. The third-order valence-corrected chi connectivity index (χ3v) is 6.04. The SMILES string of the molecule is O=C(Nc1cc2c(cc1C(=O)O)CCC2)OCC1c2ccccc2-c2ccccc21. The van der Waals surface area contributed by atoms with Crippen LogP contribution in [0, 0.1) is 0 Å². The van der Waals surface area contributed by atoms with Gasteiger partial charge in [-0.15, -0.1) is 0 Å². The molecular formula is C25H21NO4. The van der Waals surface area contributed by atoms with E-state index in [1.54, 1.807) is 12.1 Å². The van der Waals surface area contributed by atoms with Crippen LogP contribution in [-0.2, 0) is 17.6 Å². The van der Waals surface area contributed by atoms with E-state index in [4.69, 9.17) is 4.74 Å². The minimum absolute atomic E-state index is 0.0397. The maximum absolute atomic E-state index is 12.5. The van der Waals surface area contributed by atoms with Gasteiger partial charge in [-0.3, -0.25) is 5.32 Å². The van der Waals surface area contributed by atoms with Gasteiger partial charge in [0.25, 0.3) is 0 Å². The number of fused-ring (bicyclic) bond motifs is 4. The van der Waals surface area contributed by atoms with Gasteiger partial charge in [-0.2, -0.15) is 0 Å². The molecule has 0 radical (unpaired) electrons. The predicted octanol–water partition coefficient (Wildman–Crippen LogP) is 5.23. The third kappa shape index (κ3) is 3.12. The van der Waals surface area contributed by atoms with Crippen LogP contribution in [0.4, 0.5) is 10.5 Å². The summed E-state index contributed by atoms with van der Waals surface area (Å²) < 4.78 is 5.55. The van der Waals surface area contributed by atoms with Crippen molar-refractivity contribution in [1.29, 1.82) is 0 Å². The highest BCUT2D eigenvalue weighted by atomic mass is 16.5. The molecule has 3 aromatic carbocycles. The second-order valence-electron chi connectivity index (χ2n) is 7.78. The van der Waals surface area contributed by atoms with Gasteiger partial charge in [-0.1, -0.05) is 48.5 Å². The van der Waals surface area contributed by atoms with E-state index in [-0.39, 0.29) is 18.1 Å². The van der Waals surface area contributed by atoms with Gasteiger partial charge in [-0.05, 0) is 64.8 Å². The molecule has 3 aromatic rings. The van der Waals surface area contributed by atoms with Gasteiger partial charge in [-0.25, -0.2) is 9.59 Å². The molecule has 2 aliphatic carbocycles. The molecule has 2 aliphatic rings. The highest BCUT2D eigenvalue weighted by Crippen LogP contribution is 2.44. The van der Waals surface area contributed by atoms with E-state index in [2.05, 4.69) is 29.6 Å². The number of benzene rings is 3.